The molecule has 4 aromatic rings. The molecule has 0 fully saturated rings. The highest BCUT2D eigenvalue weighted by Crippen LogP contribution is 2.23. The molecule has 4 rings (SSSR count). The van der Waals surface area contributed by atoms with Gasteiger partial charge in [-0.15, -0.1) is 0 Å². The largest absolute Gasteiger partial charge is 0.417 e. The van der Waals surface area contributed by atoms with Crippen LogP contribution in [0.4, 0.5) is 23.1 Å². The van der Waals surface area contributed by atoms with Crippen LogP contribution in [0.15, 0.2) is 62.6 Å². The Morgan fingerprint density at radius 3 is 2.39 bits per heavy atom. The van der Waals surface area contributed by atoms with Crippen molar-refractivity contribution >= 4 is 44.3 Å². The molecule has 172 valence electrons. The number of H-pyrrole nitrogens is 1. The maximum atomic E-state index is 12.7. The Morgan fingerprint density at radius 1 is 1.00 bits per heavy atom. The third-order valence-electron chi connectivity index (χ3n) is 5.02. The second-order valence-electron chi connectivity index (χ2n) is 7.34. The molecular weight excluding hydrogens is 444 g/mol. The monoisotopic (exact) mass is 468 g/mol. The van der Waals surface area contributed by atoms with Gasteiger partial charge >= 0.3 is 5.76 Å². The molecule has 2 heterocycles. The first-order chi connectivity index (χ1) is 15.8. The quantitative estimate of drug-likeness (QED) is 0.357. The Balaban J connectivity index is 1.50. The number of sulfonamides is 1. The van der Waals surface area contributed by atoms with Crippen molar-refractivity contribution in [3.05, 3.63) is 64.8 Å². The van der Waals surface area contributed by atoms with Crippen LogP contribution in [0.1, 0.15) is 19.5 Å². The number of fused-ring (bicyclic) bond motifs is 1. The first-order valence-electron chi connectivity index (χ1n) is 10.4. The van der Waals surface area contributed by atoms with E-state index in [4.69, 9.17) is 4.42 Å². The maximum absolute atomic E-state index is 12.7. The standard InChI is InChI=1S/C22H24N6O4S/c1-4-28(5-2)20-12-14(3)23-21(26-20)24-15-6-8-16(9-7-15)27-33(30,31)17-10-11-19-18(13-17)25-22(29)32-19/h6-13,27H,4-5H2,1-3H3,(H,25,29)(H,23,24,26). The fourth-order valence-corrected chi connectivity index (χ4v) is 4.46. The summed E-state index contributed by atoms with van der Waals surface area (Å²) in [6, 6.07) is 12.8. The molecule has 0 saturated heterocycles. The van der Waals surface area contributed by atoms with Crippen LogP contribution in [0.2, 0.25) is 0 Å². The summed E-state index contributed by atoms with van der Waals surface area (Å²) < 4.78 is 32.9. The van der Waals surface area contributed by atoms with E-state index in [0.29, 0.717) is 22.8 Å². The molecule has 10 nitrogen and oxygen atoms in total. The second kappa shape index (κ2) is 8.94. The molecule has 0 atom stereocenters. The van der Waals surface area contributed by atoms with Crippen molar-refractivity contribution in [1.82, 2.24) is 15.0 Å². The minimum atomic E-state index is -3.86. The molecule has 3 N–H and O–H groups in total. The van der Waals surface area contributed by atoms with Gasteiger partial charge in [-0.3, -0.25) is 9.71 Å². The van der Waals surface area contributed by atoms with Gasteiger partial charge in [-0.1, -0.05) is 0 Å². The van der Waals surface area contributed by atoms with Crippen molar-refractivity contribution in [2.75, 3.05) is 28.0 Å². The number of anilines is 4. The predicted molar refractivity (Wildman–Crippen MR) is 128 cm³/mol. The Bertz CT molecular complexity index is 1440. The number of hydrogen-bond acceptors (Lipinski definition) is 8. The Kier molecular flexibility index (Phi) is 6.05. The van der Waals surface area contributed by atoms with E-state index in [9.17, 15) is 13.2 Å². The van der Waals surface area contributed by atoms with E-state index >= 15 is 0 Å². The Labute approximate surface area is 190 Å². The van der Waals surface area contributed by atoms with E-state index in [-0.39, 0.29) is 10.5 Å². The zero-order valence-corrected chi connectivity index (χ0v) is 19.2. The summed E-state index contributed by atoms with van der Waals surface area (Å²) in [7, 11) is -3.86. The van der Waals surface area contributed by atoms with Gasteiger partial charge in [0.1, 0.15) is 5.82 Å². The van der Waals surface area contributed by atoms with E-state index in [1.54, 1.807) is 24.3 Å². The van der Waals surface area contributed by atoms with Crippen LogP contribution in [0, 0.1) is 6.92 Å². The molecule has 0 amide bonds. The lowest BCUT2D eigenvalue weighted by molar-refractivity contribution is 0.555. The number of aromatic nitrogens is 3. The van der Waals surface area contributed by atoms with Gasteiger partial charge in [0.25, 0.3) is 10.0 Å². The molecule has 2 aromatic heterocycles. The molecular formula is C22H24N6O4S. The van der Waals surface area contributed by atoms with Gasteiger partial charge in [-0.25, -0.2) is 18.2 Å². The predicted octanol–water partition coefficient (Wildman–Crippen LogP) is 3.61. The van der Waals surface area contributed by atoms with Gasteiger partial charge in [-0.2, -0.15) is 4.98 Å². The van der Waals surface area contributed by atoms with Gasteiger partial charge < -0.3 is 14.6 Å². The van der Waals surface area contributed by atoms with Crippen LogP contribution in [0.3, 0.4) is 0 Å². The topological polar surface area (TPSA) is 133 Å². The number of aromatic amines is 1. The van der Waals surface area contributed by atoms with Crippen molar-refractivity contribution < 1.29 is 12.8 Å². The molecule has 33 heavy (non-hydrogen) atoms. The third kappa shape index (κ3) is 4.98. The second-order valence-corrected chi connectivity index (χ2v) is 9.03. The number of benzene rings is 2. The number of nitrogens with zero attached hydrogens (tertiary/aromatic N) is 3. The van der Waals surface area contributed by atoms with E-state index in [0.717, 1.165) is 24.6 Å². The van der Waals surface area contributed by atoms with E-state index < -0.39 is 15.8 Å². The maximum Gasteiger partial charge on any atom is 0.417 e. The summed E-state index contributed by atoms with van der Waals surface area (Å²) in [6.45, 7) is 7.73. The molecule has 0 spiro atoms. The summed E-state index contributed by atoms with van der Waals surface area (Å²) in [5, 5.41) is 3.16. The molecule has 0 aliphatic carbocycles. The summed E-state index contributed by atoms with van der Waals surface area (Å²) in [5.74, 6) is 0.667. The average molecular weight is 469 g/mol. The summed E-state index contributed by atoms with van der Waals surface area (Å²) >= 11 is 0. The first-order valence-corrected chi connectivity index (χ1v) is 11.9. The number of hydrogen-bond donors (Lipinski definition) is 3. The lowest BCUT2D eigenvalue weighted by Crippen LogP contribution is -2.23. The highest BCUT2D eigenvalue weighted by atomic mass is 32.2. The lowest BCUT2D eigenvalue weighted by atomic mass is 10.3. The molecule has 0 unspecified atom stereocenters. The first kappa shape index (κ1) is 22.3. The SMILES string of the molecule is CCN(CC)c1cc(C)nc(Nc2ccc(NS(=O)(=O)c3ccc4oc(=O)[nH]c4c3)cc2)n1. The lowest BCUT2D eigenvalue weighted by Gasteiger charge is -2.20. The highest BCUT2D eigenvalue weighted by molar-refractivity contribution is 7.92. The number of rotatable bonds is 8. The number of nitrogens with one attached hydrogen (secondary N) is 3. The van der Waals surface area contributed by atoms with Crippen LogP contribution in [-0.4, -0.2) is 36.5 Å². The minimum absolute atomic E-state index is 0.00587. The summed E-state index contributed by atoms with van der Waals surface area (Å²) in [4.78, 5) is 24.9. The molecule has 11 heteroatoms. The fourth-order valence-electron chi connectivity index (χ4n) is 3.38. The van der Waals surface area contributed by atoms with Gasteiger partial charge in [0.05, 0.1) is 10.4 Å². The van der Waals surface area contributed by atoms with E-state index in [2.05, 4.69) is 43.7 Å². The van der Waals surface area contributed by atoms with Crippen LogP contribution in [0.25, 0.3) is 11.1 Å². The van der Waals surface area contributed by atoms with Gasteiger partial charge in [-0.05, 0) is 63.2 Å². The minimum Gasteiger partial charge on any atom is -0.408 e. The highest BCUT2D eigenvalue weighted by Gasteiger charge is 2.16. The molecule has 2 aromatic carbocycles. The number of oxazole rings is 1. The average Bonchev–Trinajstić information content (AvgIpc) is 3.15. The van der Waals surface area contributed by atoms with E-state index in [1.165, 1.54) is 18.2 Å². The summed E-state index contributed by atoms with van der Waals surface area (Å²) in [5.41, 5.74) is 2.54. The molecule has 0 bridgehead atoms. The summed E-state index contributed by atoms with van der Waals surface area (Å²) in [6.07, 6.45) is 0. The van der Waals surface area contributed by atoms with Crippen molar-refractivity contribution in [3.63, 3.8) is 0 Å². The Morgan fingerprint density at radius 2 is 1.70 bits per heavy atom. The van der Waals surface area contributed by atoms with Crippen LogP contribution in [0.5, 0.6) is 0 Å². The smallest absolute Gasteiger partial charge is 0.408 e. The van der Waals surface area contributed by atoms with Crippen LogP contribution >= 0.6 is 0 Å². The van der Waals surface area contributed by atoms with Crippen LogP contribution < -0.4 is 20.7 Å². The normalized spacial score (nSPS) is 11.5. The van der Waals surface area contributed by atoms with Gasteiger partial charge in [0.2, 0.25) is 5.95 Å². The Hall–Kier alpha value is -3.86. The zero-order chi connectivity index (χ0) is 23.6. The van der Waals surface area contributed by atoms with Crippen molar-refractivity contribution in [2.24, 2.45) is 0 Å². The molecule has 0 radical (unpaired) electrons. The molecule has 0 saturated carbocycles. The molecule has 0 aliphatic heterocycles. The fraction of sp³-hybridized carbons (Fsp3) is 0.227. The zero-order valence-electron chi connectivity index (χ0n) is 18.4. The van der Waals surface area contributed by atoms with Crippen molar-refractivity contribution in [2.45, 2.75) is 25.7 Å². The van der Waals surface area contributed by atoms with Crippen LogP contribution in [-0.2, 0) is 10.0 Å². The number of aryl methyl sites for hydroxylation is 1. The van der Waals surface area contributed by atoms with Crippen molar-refractivity contribution in [3.8, 4) is 0 Å². The molecule has 0 aliphatic rings. The van der Waals surface area contributed by atoms with Gasteiger partial charge in [0.15, 0.2) is 5.58 Å². The third-order valence-corrected chi connectivity index (χ3v) is 6.40. The van der Waals surface area contributed by atoms with Gasteiger partial charge in [0, 0.05) is 36.2 Å². The van der Waals surface area contributed by atoms with Crippen molar-refractivity contribution in [1.29, 1.82) is 0 Å². The van der Waals surface area contributed by atoms with E-state index in [1.807, 2.05) is 13.0 Å².